The van der Waals surface area contributed by atoms with E-state index in [0.29, 0.717) is 11.6 Å². The van der Waals surface area contributed by atoms with Crippen LogP contribution in [0.2, 0.25) is 0 Å². The topological polar surface area (TPSA) is 49.6 Å². The average molecular weight is 291 g/mol. The van der Waals surface area contributed by atoms with Crippen molar-refractivity contribution in [1.82, 2.24) is 9.80 Å². The Morgan fingerprint density at radius 1 is 1.14 bits per heavy atom. The van der Waals surface area contributed by atoms with Gasteiger partial charge in [-0.2, -0.15) is 0 Å². The molecule has 3 rings (SSSR count). The lowest BCUT2D eigenvalue weighted by Gasteiger charge is -2.38. The molecule has 1 aromatic carbocycles. The summed E-state index contributed by atoms with van der Waals surface area (Å²) in [5.41, 5.74) is 6.05. The van der Waals surface area contributed by atoms with Crippen LogP contribution in [-0.4, -0.2) is 47.9 Å². The Labute approximate surface area is 124 Å². The molecule has 21 heavy (non-hydrogen) atoms. The number of rotatable bonds is 2. The van der Waals surface area contributed by atoms with E-state index in [2.05, 4.69) is 4.90 Å². The Kier molecular flexibility index (Phi) is 4.10. The van der Waals surface area contributed by atoms with Gasteiger partial charge in [-0.3, -0.25) is 9.69 Å². The number of carbonyl (C=O) groups is 1. The third-order valence-corrected chi connectivity index (χ3v) is 4.69. The number of piperazine rings is 1. The van der Waals surface area contributed by atoms with Gasteiger partial charge in [-0.25, -0.2) is 4.39 Å². The van der Waals surface area contributed by atoms with Crippen molar-refractivity contribution in [3.05, 3.63) is 29.6 Å². The highest BCUT2D eigenvalue weighted by Gasteiger charge is 2.28. The van der Waals surface area contributed by atoms with Crippen molar-refractivity contribution in [1.29, 1.82) is 0 Å². The van der Waals surface area contributed by atoms with E-state index in [0.717, 1.165) is 26.2 Å². The molecule has 2 N–H and O–H groups in total. The van der Waals surface area contributed by atoms with E-state index in [1.54, 1.807) is 0 Å². The second-order valence-electron chi connectivity index (χ2n) is 6.00. The molecule has 1 saturated carbocycles. The molecule has 4 nitrogen and oxygen atoms in total. The van der Waals surface area contributed by atoms with Gasteiger partial charge in [-0.1, -0.05) is 12.8 Å². The van der Waals surface area contributed by atoms with E-state index in [9.17, 15) is 9.18 Å². The zero-order valence-electron chi connectivity index (χ0n) is 12.2. The van der Waals surface area contributed by atoms with E-state index >= 15 is 0 Å². The first kappa shape index (κ1) is 14.3. The van der Waals surface area contributed by atoms with Crippen LogP contribution < -0.4 is 5.73 Å². The first-order valence-corrected chi connectivity index (χ1v) is 7.73. The number of hydrogen-bond donors (Lipinski definition) is 1. The minimum absolute atomic E-state index is 0.0328. The summed E-state index contributed by atoms with van der Waals surface area (Å²) in [5, 5.41) is 0. The number of nitrogen functional groups attached to an aromatic ring is 1. The molecule has 0 radical (unpaired) electrons. The van der Waals surface area contributed by atoms with E-state index in [1.165, 1.54) is 43.9 Å². The predicted octanol–water partition coefficient (Wildman–Crippen LogP) is 2.11. The fraction of sp³-hybridized carbons (Fsp3) is 0.562. The number of anilines is 1. The number of carbonyl (C=O) groups excluding carboxylic acids is 1. The first-order chi connectivity index (χ1) is 10.1. The fourth-order valence-electron chi connectivity index (χ4n) is 3.42. The maximum absolute atomic E-state index is 13.2. The highest BCUT2D eigenvalue weighted by atomic mass is 19.1. The number of benzene rings is 1. The Balaban J connectivity index is 1.60. The molecule has 2 aliphatic rings. The van der Waals surface area contributed by atoms with Gasteiger partial charge in [0, 0.05) is 37.8 Å². The van der Waals surface area contributed by atoms with Crippen LogP contribution >= 0.6 is 0 Å². The van der Waals surface area contributed by atoms with Crippen molar-refractivity contribution >= 4 is 11.6 Å². The van der Waals surface area contributed by atoms with E-state index < -0.39 is 5.82 Å². The smallest absolute Gasteiger partial charge is 0.254 e. The molecule has 5 heteroatoms. The Morgan fingerprint density at radius 2 is 1.81 bits per heavy atom. The van der Waals surface area contributed by atoms with Crippen LogP contribution in [0.15, 0.2) is 18.2 Å². The van der Waals surface area contributed by atoms with Crippen LogP contribution in [0, 0.1) is 5.82 Å². The predicted molar refractivity (Wildman–Crippen MR) is 80.5 cm³/mol. The van der Waals surface area contributed by atoms with Gasteiger partial charge < -0.3 is 10.6 Å². The monoisotopic (exact) mass is 291 g/mol. The van der Waals surface area contributed by atoms with Crippen molar-refractivity contribution in [3.63, 3.8) is 0 Å². The summed E-state index contributed by atoms with van der Waals surface area (Å²) >= 11 is 0. The summed E-state index contributed by atoms with van der Waals surface area (Å²) in [5.74, 6) is -0.523. The molecule has 1 heterocycles. The van der Waals surface area contributed by atoms with Crippen LogP contribution in [-0.2, 0) is 0 Å². The minimum Gasteiger partial charge on any atom is -0.396 e. The van der Waals surface area contributed by atoms with Crippen molar-refractivity contribution in [2.45, 2.75) is 31.7 Å². The van der Waals surface area contributed by atoms with Gasteiger partial charge >= 0.3 is 0 Å². The highest BCUT2D eigenvalue weighted by Crippen LogP contribution is 2.24. The fourth-order valence-corrected chi connectivity index (χ4v) is 3.42. The molecule has 1 aliphatic carbocycles. The van der Waals surface area contributed by atoms with Gasteiger partial charge in [-0.15, -0.1) is 0 Å². The van der Waals surface area contributed by atoms with E-state index in [4.69, 9.17) is 5.73 Å². The first-order valence-electron chi connectivity index (χ1n) is 7.73. The molecular weight excluding hydrogens is 269 g/mol. The van der Waals surface area contributed by atoms with Crippen LogP contribution in [0.4, 0.5) is 10.1 Å². The van der Waals surface area contributed by atoms with Gasteiger partial charge in [0.05, 0.1) is 5.69 Å². The Hall–Kier alpha value is -1.62. The maximum Gasteiger partial charge on any atom is 0.254 e. The lowest BCUT2D eigenvalue weighted by molar-refractivity contribution is 0.0573. The Bertz CT molecular complexity index is 520. The number of amides is 1. The third kappa shape index (κ3) is 3.02. The molecule has 0 unspecified atom stereocenters. The second kappa shape index (κ2) is 6.02. The Morgan fingerprint density at radius 3 is 2.43 bits per heavy atom. The second-order valence-corrected chi connectivity index (χ2v) is 6.00. The molecule has 2 fully saturated rings. The maximum atomic E-state index is 13.2. The average Bonchev–Trinajstić information content (AvgIpc) is 3.04. The molecular formula is C16H22FN3O. The van der Waals surface area contributed by atoms with Crippen LogP contribution in [0.1, 0.15) is 36.0 Å². The molecule has 114 valence electrons. The van der Waals surface area contributed by atoms with E-state index in [-0.39, 0.29) is 11.6 Å². The largest absolute Gasteiger partial charge is 0.396 e. The van der Waals surface area contributed by atoms with Gasteiger partial charge in [0.1, 0.15) is 5.82 Å². The summed E-state index contributed by atoms with van der Waals surface area (Å²) in [6.07, 6.45) is 5.25. The standard InChI is InChI=1S/C16H22FN3O/c17-14-6-5-12(11-15(14)18)16(21)20-9-7-19(8-10-20)13-3-1-2-4-13/h5-6,11,13H,1-4,7-10,18H2. The lowest BCUT2D eigenvalue weighted by atomic mass is 10.1. The normalized spacial score (nSPS) is 20.9. The van der Waals surface area contributed by atoms with Crippen LogP contribution in [0.5, 0.6) is 0 Å². The summed E-state index contributed by atoms with van der Waals surface area (Å²) in [6, 6.07) is 4.92. The van der Waals surface area contributed by atoms with Crippen molar-refractivity contribution in [2.75, 3.05) is 31.9 Å². The zero-order valence-corrected chi connectivity index (χ0v) is 12.2. The molecule has 0 aromatic heterocycles. The molecule has 1 saturated heterocycles. The van der Waals surface area contributed by atoms with Crippen LogP contribution in [0.3, 0.4) is 0 Å². The summed E-state index contributed by atoms with van der Waals surface area (Å²) in [4.78, 5) is 16.8. The third-order valence-electron chi connectivity index (χ3n) is 4.69. The van der Waals surface area contributed by atoms with Gasteiger partial charge in [0.15, 0.2) is 0 Å². The molecule has 1 aromatic rings. The van der Waals surface area contributed by atoms with E-state index in [1.807, 2.05) is 4.90 Å². The quantitative estimate of drug-likeness (QED) is 0.849. The summed E-state index contributed by atoms with van der Waals surface area (Å²) in [6.45, 7) is 3.36. The number of nitrogens with zero attached hydrogens (tertiary/aromatic N) is 2. The van der Waals surface area contributed by atoms with Crippen LogP contribution in [0.25, 0.3) is 0 Å². The van der Waals surface area contributed by atoms with Gasteiger partial charge in [0.2, 0.25) is 0 Å². The van der Waals surface area contributed by atoms with Gasteiger partial charge in [0.25, 0.3) is 5.91 Å². The molecule has 0 bridgehead atoms. The van der Waals surface area contributed by atoms with Crippen molar-refractivity contribution < 1.29 is 9.18 Å². The molecule has 1 aliphatic heterocycles. The molecule has 0 spiro atoms. The zero-order chi connectivity index (χ0) is 14.8. The number of hydrogen-bond acceptors (Lipinski definition) is 3. The number of halogens is 1. The van der Waals surface area contributed by atoms with Gasteiger partial charge in [-0.05, 0) is 31.0 Å². The van der Waals surface area contributed by atoms with Crippen molar-refractivity contribution in [2.24, 2.45) is 0 Å². The number of nitrogens with two attached hydrogens (primary N) is 1. The molecule has 0 atom stereocenters. The van der Waals surface area contributed by atoms with Crippen molar-refractivity contribution in [3.8, 4) is 0 Å². The highest BCUT2D eigenvalue weighted by molar-refractivity contribution is 5.95. The summed E-state index contributed by atoms with van der Waals surface area (Å²) < 4.78 is 13.2. The SMILES string of the molecule is Nc1cc(C(=O)N2CCN(C3CCCC3)CC2)ccc1F. The minimum atomic E-state index is -0.474. The summed E-state index contributed by atoms with van der Waals surface area (Å²) in [7, 11) is 0. The lowest BCUT2D eigenvalue weighted by Crippen LogP contribution is -2.51. The molecule has 1 amide bonds.